The van der Waals surface area contributed by atoms with Crippen LogP contribution in [-0.2, 0) is 11.3 Å². The van der Waals surface area contributed by atoms with Gasteiger partial charge in [0.25, 0.3) is 0 Å². The zero-order valence-corrected chi connectivity index (χ0v) is 20.1. The summed E-state index contributed by atoms with van der Waals surface area (Å²) in [6.07, 6.45) is -0.576. The highest BCUT2D eigenvalue weighted by molar-refractivity contribution is 7.15. The third-order valence-electron chi connectivity index (χ3n) is 5.70. The van der Waals surface area contributed by atoms with E-state index in [1.165, 1.54) is 17.9 Å². The first-order valence-electron chi connectivity index (χ1n) is 11.4. The summed E-state index contributed by atoms with van der Waals surface area (Å²) in [5, 5.41) is 13.1. The molecule has 1 aliphatic heterocycles. The first-order valence-corrected chi connectivity index (χ1v) is 12.2. The highest BCUT2D eigenvalue weighted by Gasteiger charge is 2.20. The number of rotatable bonds is 9. The topological polar surface area (TPSA) is 65.0 Å². The van der Waals surface area contributed by atoms with Crippen molar-refractivity contribution >= 4 is 22.9 Å². The number of hydrogen-bond donors (Lipinski definition) is 2. The molecule has 180 valence electrons. The number of aliphatic hydroxyl groups excluding tert-OH is 1. The van der Waals surface area contributed by atoms with E-state index in [1.54, 1.807) is 47.7 Å². The van der Waals surface area contributed by atoms with Gasteiger partial charge in [0.2, 0.25) is 5.91 Å². The molecule has 1 atom stereocenters. The number of anilines is 1. The monoisotopic (exact) mass is 483 g/mol. The fourth-order valence-electron chi connectivity index (χ4n) is 3.99. The third kappa shape index (κ3) is 7.11. The molecule has 4 rings (SSSR count). The van der Waals surface area contributed by atoms with Crippen LogP contribution in [0.5, 0.6) is 5.75 Å². The molecule has 1 aliphatic rings. The summed E-state index contributed by atoms with van der Waals surface area (Å²) in [7, 11) is 0. The molecule has 0 aliphatic carbocycles. The maximum Gasteiger partial charge on any atom is 0.221 e. The third-order valence-corrected chi connectivity index (χ3v) is 6.82. The zero-order chi connectivity index (χ0) is 23.9. The molecular weight excluding hydrogens is 453 g/mol. The van der Waals surface area contributed by atoms with Crippen LogP contribution in [0.1, 0.15) is 11.8 Å². The molecule has 1 fully saturated rings. The number of ether oxygens (including phenoxy) is 1. The Bertz CT molecular complexity index is 1080. The number of benzene rings is 2. The number of carbonyl (C=O) groups excluding carboxylic acids is 1. The summed E-state index contributed by atoms with van der Waals surface area (Å²) in [6.45, 7) is 6.80. The van der Waals surface area contributed by atoms with Gasteiger partial charge >= 0.3 is 0 Å². The number of carbonyl (C=O) groups is 1. The molecule has 1 saturated heterocycles. The van der Waals surface area contributed by atoms with Gasteiger partial charge in [-0.1, -0.05) is 12.1 Å². The Balaban J connectivity index is 1.17. The first-order chi connectivity index (χ1) is 16.4. The summed E-state index contributed by atoms with van der Waals surface area (Å²) >= 11 is 1.71. The Morgan fingerprint density at radius 2 is 1.82 bits per heavy atom. The molecule has 2 aromatic carbocycles. The second-order valence-corrected chi connectivity index (χ2v) is 9.69. The molecule has 34 heavy (non-hydrogen) atoms. The molecule has 0 bridgehead atoms. The van der Waals surface area contributed by atoms with Gasteiger partial charge in [0.05, 0.1) is 0 Å². The number of hydrogen-bond acceptors (Lipinski definition) is 6. The van der Waals surface area contributed by atoms with E-state index in [9.17, 15) is 14.3 Å². The van der Waals surface area contributed by atoms with E-state index in [4.69, 9.17) is 4.74 Å². The first kappa shape index (κ1) is 24.3. The van der Waals surface area contributed by atoms with E-state index in [0.717, 1.165) is 43.2 Å². The van der Waals surface area contributed by atoms with Crippen LogP contribution in [0.3, 0.4) is 0 Å². The summed E-state index contributed by atoms with van der Waals surface area (Å²) in [5.41, 5.74) is 1.63. The second-order valence-electron chi connectivity index (χ2n) is 8.52. The highest BCUT2D eigenvalue weighted by atomic mass is 32.1. The fraction of sp³-hybridized carbons (Fsp3) is 0.346. The van der Waals surface area contributed by atoms with E-state index in [1.807, 2.05) is 6.07 Å². The number of aliphatic hydroxyl groups is 1. The van der Waals surface area contributed by atoms with Gasteiger partial charge in [-0.2, -0.15) is 0 Å². The van der Waals surface area contributed by atoms with Crippen molar-refractivity contribution in [2.45, 2.75) is 19.6 Å². The lowest BCUT2D eigenvalue weighted by molar-refractivity contribution is -0.114. The van der Waals surface area contributed by atoms with Gasteiger partial charge in [-0.25, -0.2) is 4.39 Å². The average molecular weight is 484 g/mol. The van der Waals surface area contributed by atoms with Gasteiger partial charge in [0.15, 0.2) is 0 Å². The van der Waals surface area contributed by atoms with Crippen molar-refractivity contribution in [1.29, 1.82) is 0 Å². The maximum atomic E-state index is 13.5. The van der Waals surface area contributed by atoms with Crippen LogP contribution in [0.15, 0.2) is 60.7 Å². The van der Waals surface area contributed by atoms with Crippen LogP contribution in [0, 0.1) is 5.82 Å². The van der Waals surface area contributed by atoms with Crippen molar-refractivity contribution in [1.82, 2.24) is 9.80 Å². The Hall–Kier alpha value is -2.78. The van der Waals surface area contributed by atoms with Gasteiger partial charge < -0.3 is 15.2 Å². The smallest absolute Gasteiger partial charge is 0.221 e. The number of thiophene rings is 1. The van der Waals surface area contributed by atoms with E-state index < -0.39 is 6.10 Å². The lowest BCUT2D eigenvalue weighted by atomic mass is 10.2. The number of β-amino-alcohol motifs (C(OH)–C–C–N with tert-alkyl or cyclic N) is 1. The van der Waals surface area contributed by atoms with E-state index in [0.29, 0.717) is 18.0 Å². The van der Waals surface area contributed by atoms with Gasteiger partial charge in [0.1, 0.15) is 24.3 Å². The minimum Gasteiger partial charge on any atom is -0.491 e. The molecule has 0 spiro atoms. The molecule has 8 heteroatoms. The summed E-state index contributed by atoms with van der Waals surface area (Å²) in [5.74, 6) is 0.329. The summed E-state index contributed by atoms with van der Waals surface area (Å²) < 4.78 is 19.2. The standard InChI is InChI=1S/C26H30FN3O3S/c1-19(31)28-22-5-7-24(8-6-22)33-18-23(32)16-29-11-13-30(14-12-29)17-25-9-10-26(34-25)20-3-2-4-21(27)15-20/h2-10,15,23,32H,11-14,16-18H2,1H3,(H,28,31). The molecule has 0 radical (unpaired) electrons. The van der Waals surface area contributed by atoms with Crippen molar-refractivity contribution in [3.8, 4) is 16.2 Å². The van der Waals surface area contributed by atoms with Gasteiger partial charge in [-0.15, -0.1) is 11.3 Å². The van der Waals surface area contributed by atoms with Gasteiger partial charge in [0, 0.05) is 61.6 Å². The number of piperazine rings is 1. The zero-order valence-electron chi connectivity index (χ0n) is 19.2. The van der Waals surface area contributed by atoms with Gasteiger partial charge in [-0.3, -0.25) is 14.6 Å². The molecule has 2 heterocycles. The van der Waals surface area contributed by atoms with Crippen molar-refractivity contribution in [2.24, 2.45) is 0 Å². The summed E-state index contributed by atoms with van der Waals surface area (Å²) in [4.78, 5) is 18.1. The van der Waals surface area contributed by atoms with E-state index >= 15 is 0 Å². The van der Waals surface area contributed by atoms with Gasteiger partial charge in [-0.05, 0) is 54.1 Å². The Morgan fingerprint density at radius 3 is 2.53 bits per heavy atom. The molecule has 1 unspecified atom stereocenters. The predicted octanol–water partition coefficient (Wildman–Crippen LogP) is 4.07. The van der Waals surface area contributed by atoms with Crippen LogP contribution in [0.25, 0.3) is 10.4 Å². The maximum absolute atomic E-state index is 13.5. The Labute approximate surface area is 203 Å². The molecule has 0 saturated carbocycles. The quantitative estimate of drug-likeness (QED) is 0.480. The number of nitrogens with one attached hydrogen (secondary N) is 1. The molecule has 1 aromatic heterocycles. The minimum atomic E-state index is -0.576. The predicted molar refractivity (Wildman–Crippen MR) is 134 cm³/mol. The molecule has 2 N–H and O–H groups in total. The van der Waals surface area contributed by atoms with E-state index in [2.05, 4.69) is 27.2 Å². The van der Waals surface area contributed by atoms with Crippen LogP contribution in [-0.4, -0.2) is 66.2 Å². The lowest BCUT2D eigenvalue weighted by Gasteiger charge is -2.35. The van der Waals surface area contributed by atoms with Crippen LogP contribution in [0.2, 0.25) is 0 Å². The van der Waals surface area contributed by atoms with E-state index in [-0.39, 0.29) is 18.3 Å². The fourth-order valence-corrected chi connectivity index (χ4v) is 5.04. The summed E-state index contributed by atoms with van der Waals surface area (Å²) in [6, 6.07) is 18.0. The van der Waals surface area contributed by atoms with Crippen LogP contribution >= 0.6 is 11.3 Å². The number of nitrogens with zero attached hydrogens (tertiary/aromatic N) is 2. The number of amides is 1. The minimum absolute atomic E-state index is 0.117. The van der Waals surface area contributed by atoms with Crippen molar-refractivity contribution < 1.29 is 19.0 Å². The highest BCUT2D eigenvalue weighted by Crippen LogP contribution is 2.29. The SMILES string of the molecule is CC(=O)Nc1ccc(OCC(O)CN2CCN(Cc3ccc(-c4cccc(F)c4)s3)CC2)cc1. The molecule has 1 amide bonds. The Kier molecular flexibility index (Phi) is 8.29. The van der Waals surface area contributed by atoms with Crippen molar-refractivity contribution in [2.75, 3.05) is 44.6 Å². The largest absolute Gasteiger partial charge is 0.491 e. The lowest BCUT2D eigenvalue weighted by Crippen LogP contribution is -2.48. The molecular formula is C26H30FN3O3S. The van der Waals surface area contributed by atoms with Crippen molar-refractivity contribution in [3.63, 3.8) is 0 Å². The van der Waals surface area contributed by atoms with Crippen LogP contribution in [0.4, 0.5) is 10.1 Å². The van der Waals surface area contributed by atoms with Crippen LogP contribution < -0.4 is 10.1 Å². The number of halogens is 1. The Morgan fingerprint density at radius 1 is 1.09 bits per heavy atom. The molecule has 6 nitrogen and oxygen atoms in total. The molecule has 3 aromatic rings. The second kappa shape index (κ2) is 11.6. The normalized spacial score (nSPS) is 15.7. The average Bonchev–Trinajstić information content (AvgIpc) is 3.28. The van der Waals surface area contributed by atoms with Crippen molar-refractivity contribution in [3.05, 3.63) is 71.4 Å².